The minimum Gasteiger partial charge on any atom is -0.321 e. The van der Waals surface area contributed by atoms with Crippen LogP contribution < -0.4 is 5.32 Å². The highest BCUT2D eigenvalue weighted by Gasteiger charge is 2.27. The molecule has 6 nitrogen and oxygen atoms in total. The summed E-state index contributed by atoms with van der Waals surface area (Å²) in [6.45, 7) is 2.29. The fourth-order valence-electron chi connectivity index (χ4n) is 2.73. The molecule has 1 aliphatic rings. The van der Waals surface area contributed by atoms with E-state index in [0.29, 0.717) is 37.4 Å². The quantitative estimate of drug-likeness (QED) is 0.797. The number of halogens is 1. The van der Waals surface area contributed by atoms with Crippen LogP contribution in [0, 0.1) is 0 Å². The highest BCUT2D eigenvalue weighted by Crippen LogP contribution is 2.23. The van der Waals surface area contributed by atoms with Gasteiger partial charge in [0.25, 0.3) is 5.91 Å². The number of rotatable bonds is 4. The molecule has 0 radical (unpaired) electrons. The highest BCUT2D eigenvalue weighted by molar-refractivity contribution is 9.10. The summed E-state index contributed by atoms with van der Waals surface area (Å²) in [5, 5.41) is 2.79. The predicted molar refractivity (Wildman–Crippen MR) is 105 cm³/mol. The summed E-state index contributed by atoms with van der Waals surface area (Å²) >= 11 is 3.38. The molecular weight excluding hydrogens is 418 g/mol. The lowest BCUT2D eigenvalue weighted by atomic mass is 10.2. The summed E-state index contributed by atoms with van der Waals surface area (Å²) in [6, 6.07) is 13.4. The summed E-state index contributed by atoms with van der Waals surface area (Å²) < 4.78 is 27.9. The first-order valence-corrected chi connectivity index (χ1v) is 10.5. The molecule has 8 heteroatoms. The van der Waals surface area contributed by atoms with Crippen molar-refractivity contribution in [2.75, 3.05) is 38.5 Å². The Bertz CT molecular complexity index is 909. The van der Waals surface area contributed by atoms with Gasteiger partial charge in [0.15, 0.2) is 0 Å². The van der Waals surface area contributed by atoms with Crippen LogP contribution >= 0.6 is 15.9 Å². The molecule has 1 heterocycles. The van der Waals surface area contributed by atoms with Gasteiger partial charge in [0.05, 0.1) is 10.6 Å². The third kappa shape index (κ3) is 4.15. The molecule has 1 N–H and O–H groups in total. The molecule has 26 heavy (non-hydrogen) atoms. The number of nitrogens with zero attached hydrogens (tertiary/aromatic N) is 2. The van der Waals surface area contributed by atoms with Crippen LogP contribution in [-0.4, -0.2) is 56.8 Å². The number of para-hydroxylation sites is 1. The van der Waals surface area contributed by atoms with Crippen molar-refractivity contribution in [3.8, 4) is 0 Å². The second-order valence-electron chi connectivity index (χ2n) is 6.17. The number of amides is 1. The zero-order valence-corrected chi connectivity index (χ0v) is 16.8. The minimum atomic E-state index is -3.61. The van der Waals surface area contributed by atoms with Crippen LogP contribution in [-0.2, 0) is 10.0 Å². The fourth-order valence-corrected chi connectivity index (χ4v) is 4.58. The number of sulfonamides is 1. The smallest absolute Gasteiger partial charge is 0.255 e. The van der Waals surface area contributed by atoms with Crippen molar-refractivity contribution in [2.24, 2.45) is 0 Å². The number of nitrogens with one attached hydrogen (secondary N) is 1. The molecule has 0 bridgehead atoms. The summed E-state index contributed by atoms with van der Waals surface area (Å²) in [4.78, 5) is 14.7. The molecule has 0 aromatic heterocycles. The van der Waals surface area contributed by atoms with Crippen LogP contribution in [0.3, 0.4) is 0 Å². The van der Waals surface area contributed by atoms with Crippen LogP contribution in [0.4, 0.5) is 5.69 Å². The second-order valence-corrected chi connectivity index (χ2v) is 8.96. The van der Waals surface area contributed by atoms with Crippen LogP contribution in [0.15, 0.2) is 57.9 Å². The Labute approximate surface area is 162 Å². The lowest BCUT2D eigenvalue weighted by molar-refractivity contribution is 0.102. The highest BCUT2D eigenvalue weighted by atomic mass is 79.9. The van der Waals surface area contributed by atoms with E-state index in [9.17, 15) is 13.2 Å². The Balaban J connectivity index is 1.81. The molecule has 138 valence electrons. The van der Waals surface area contributed by atoms with Crippen LogP contribution in [0.1, 0.15) is 10.4 Å². The number of carbonyl (C=O) groups is 1. The lowest BCUT2D eigenvalue weighted by Crippen LogP contribution is -2.47. The van der Waals surface area contributed by atoms with Crippen molar-refractivity contribution < 1.29 is 13.2 Å². The Morgan fingerprint density at radius 1 is 1.04 bits per heavy atom. The third-order valence-electron chi connectivity index (χ3n) is 4.32. The molecule has 0 spiro atoms. The largest absolute Gasteiger partial charge is 0.321 e. The molecule has 2 aromatic rings. The molecule has 1 aliphatic heterocycles. The summed E-state index contributed by atoms with van der Waals surface area (Å²) in [5.41, 5.74) is 0.931. The van der Waals surface area contributed by atoms with Crippen molar-refractivity contribution in [3.63, 3.8) is 0 Å². The van der Waals surface area contributed by atoms with Crippen molar-refractivity contribution in [2.45, 2.75) is 4.90 Å². The molecule has 0 unspecified atom stereocenters. The average Bonchev–Trinajstić information content (AvgIpc) is 2.64. The van der Waals surface area contributed by atoms with Gasteiger partial charge in [-0.25, -0.2) is 8.42 Å². The maximum atomic E-state index is 12.8. The van der Waals surface area contributed by atoms with Crippen molar-refractivity contribution in [1.29, 1.82) is 0 Å². The number of piperazine rings is 1. The number of carbonyl (C=O) groups excluding carboxylic acids is 1. The van der Waals surface area contributed by atoms with Crippen molar-refractivity contribution in [3.05, 3.63) is 58.6 Å². The van der Waals surface area contributed by atoms with Gasteiger partial charge in [-0.3, -0.25) is 4.79 Å². The Hall–Kier alpha value is -1.74. The number of anilines is 1. The van der Waals surface area contributed by atoms with Gasteiger partial charge in [0.2, 0.25) is 10.0 Å². The standard InChI is InChI=1S/C18H20BrN3O3S/c1-21-9-11-22(12-10-21)26(24,25)15-6-4-5-14(13-15)18(23)20-17-8-3-2-7-16(17)19/h2-8,13H,9-12H2,1H3,(H,20,23). The topological polar surface area (TPSA) is 69.7 Å². The van der Waals surface area contributed by atoms with Gasteiger partial charge in [-0.15, -0.1) is 0 Å². The second kappa shape index (κ2) is 7.87. The van der Waals surface area contributed by atoms with E-state index in [1.165, 1.54) is 16.4 Å². The molecule has 1 fully saturated rings. The van der Waals surface area contributed by atoms with Crippen LogP contribution in [0.25, 0.3) is 0 Å². The molecule has 0 saturated carbocycles. The van der Waals surface area contributed by atoms with Gasteiger partial charge < -0.3 is 10.2 Å². The number of likely N-dealkylation sites (N-methyl/N-ethyl adjacent to an activating group) is 1. The normalized spacial score (nSPS) is 16.4. The SMILES string of the molecule is CN1CCN(S(=O)(=O)c2cccc(C(=O)Nc3ccccc3Br)c2)CC1. The van der Waals surface area contributed by atoms with E-state index in [-0.39, 0.29) is 10.8 Å². The molecule has 1 amide bonds. The molecule has 2 aromatic carbocycles. The third-order valence-corrected chi connectivity index (χ3v) is 6.90. The lowest BCUT2D eigenvalue weighted by Gasteiger charge is -2.31. The number of benzene rings is 2. The molecular formula is C18H20BrN3O3S. The van der Waals surface area contributed by atoms with Gasteiger partial charge in [0.1, 0.15) is 0 Å². The van der Waals surface area contributed by atoms with E-state index in [1.54, 1.807) is 18.2 Å². The maximum absolute atomic E-state index is 12.8. The summed E-state index contributed by atoms with van der Waals surface area (Å²) in [6.07, 6.45) is 0. The number of hydrogen-bond acceptors (Lipinski definition) is 4. The first kappa shape index (κ1) is 19.0. The molecule has 1 saturated heterocycles. The Kier molecular flexibility index (Phi) is 5.76. The van der Waals surface area contributed by atoms with E-state index in [0.717, 1.165) is 4.47 Å². The van der Waals surface area contributed by atoms with E-state index in [1.807, 2.05) is 25.2 Å². The Morgan fingerprint density at radius 3 is 2.42 bits per heavy atom. The van der Waals surface area contributed by atoms with Gasteiger partial charge in [-0.1, -0.05) is 18.2 Å². The van der Waals surface area contributed by atoms with E-state index in [2.05, 4.69) is 26.1 Å². The first-order valence-electron chi connectivity index (χ1n) is 8.22. The van der Waals surface area contributed by atoms with E-state index >= 15 is 0 Å². The van der Waals surface area contributed by atoms with Crippen LogP contribution in [0.2, 0.25) is 0 Å². The molecule has 0 aliphatic carbocycles. The summed E-state index contributed by atoms with van der Waals surface area (Å²) in [7, 11) is -1.64. The zero-order chi connectivity index (χ0) is 18.7. The van der Waals surface area contributed by atoms with Crippen molar-refractivity contribution in [1.82, 2.24) is 9.21 Å². The van der Waals surface area contributed by atoms with Gasteiger partial charge in [-0.2, -0.15) is 4.31 Å². The monoisotopic (exact) mass is 437 g/mol. The van der Waals surface area contributed by atoms with E-state index < -0.39 is 10.0 Å². The van der Waals surface area contributed by atoms with Crippen molar-refractivity contribution >= 4 is 37.5 Å². The molecule has 3 rings (SSSR count). The minimum absolute atomic E-state index is 0.141. The van der Waals surface area contributed by atoms with Gasteiger partial charge >= 0.3 is 0 Å². The zero-order valence-electron chi connectivity index (χ0n) is 14.4. The van der Waals surface area contributed by atoms with Gasteiger partial charge in [0, 0.05) is 36.2 Å². The van der Waals surface area contributed by atoms with E-state index in [4.69, 9.17) is 0 Å². The fraction of sp³-hybridized carbons (Fsp3) is 0.278. The summed E-state index contributed by atoms with van der Waals surface area (Å²) in [5.74, 6) is -0.354. The molecule has 0 atom stereocenters. The van der Waals surface area contributed by atoms with Crippen LogP contribution in [0.5, 0.6) is 0 Å². The predicted octanol–water partition coefficient (Wildman–Crippen LogP) is 2.64. The first-order chi connectivity index (χ1) is 12.4. The van der Waals surface area contributed by atoms with Gasteiger partial charge in [-0.05, 0) is 53.3 Å². The average molecular weight is 438 g/mol. The number of hydrogen-bond donors (Lipinski definition) is 1. The Morgan fingerprint density at radius 2 is 1.73 bits per heavy atom. The maximum Gasteiger partial charge on any atom is 0.255 e.